The third-order valence-corrected chi connectivity index (χ3v) is 5.87. The molecular weight excluding hydrogens is 474 g/mol. The van der Waals surface area contributed by atoms with Crippen molar-refractivity contribution in [2.45, 2.75) is 39.0 Å². The molecule has 0 aliphatic carbocycles. The van der Waals surface area contributed by atoms with Crippen LogP contribution in [0.5, 0.6) is 11.5 Å². The summed E-state index contributed by atoms with van der Waals surface area (Å²) in [6, 6.07) is 4.70. The zero-order valence-corrected chi connectivity index (χ0v) is 21.5. The van der Waals surface area contributed by atoms with Gasteiger partial charge in [0.1, 0.15) is 6.61 Å². The highest BCUT2D eigenvalue weighted by atomic mass is 32.1. The van der Waals surface area contributed by atoms with E-state index in [2.05, 4.69) is 10.6 Å². The van der Waals surface area contributed by atoms with Gasteiger partial charge in [0.15, 0.2) is 23.2 Å². The van der Waals surface area contributed by atoms with Crippen molar-refractivity contribution in [1.29, 1.82) is 0 Å². The molecule has 10 nitrogen and oxygen atoms in total. The molecule has 0 radical (unpaired) electrons. The van der Waals surface area contributed by atoms with Crippen LogP contribution in [0.15, 0.2) is 29.5 Å². The molecule has 1 amide bonds. The molecular formula is C24H33N3O7S. The second-order valence-corrected chi connectivity index (χ2v) is 8.86. The molecule has 1 aromatic carbocycles. The number of ether oxygens (including phenoxy) is 5. The van der Waals surface area contributed by atoms with E-state index in [0.29, 0.717) is 47.6 Å². The van der Waals surface area contributed by atoms with E-state index in [1.165, 1.54) is 14.2 Å². The Hall–Kier alpha value is -2.89. The predicted octanol–water partition coefficient (Wildman–Crippen LogP) is 1.69. The van der Waals surface area contributed by atoms with Gasteiger partial charge in [0, 0.05) is 25.9 Å². The number of allylic oxidation sites excluding steroid dienone is 1. The van der Waals surface area contributed by atoms with Gasteiger partial charge >= 0.3 is 5.97 Å². The highest BCUT2D eigenvalue weighted by Crippen LogP contribution is 2.34. The van der Waals surface area contributed by atoms with E-state index in [1.54, 1.807) is 30.0 Å². The molecule has 2 aliphatic heterocycles. The lowest BCUT2D eigenvalue weighted by Crippen LogP contribution is -2.49. The van der Waals surface area contributed by atoms with Gasteiger partial charge in [0.05, 0.1) is 37.5 Å². The molecule has 0 aromatic heterocycles. The number of carbonyl (C=O) groups excluding carboxylic acids is 2. The van der Waals surface area contributed by atoms with Crippen molar-refractivity contribution in [1.82, 2.24) is 15.5 Å². The second kappa shape index (κ2) is 12.2. The van der Waals surface area contributed by atoms with Gasteiger partial charge < -0.3 is 39.2 Å². The Morgan fingerprint density at radius 1 is 1.14 bits per heavy atom. The summed E-state index contributed by atoms with van der Waals surface area (Å²) in [5.74, 6) is 0.240. The molecule has 1 saturated heterocycles. The summed E-state index contributed by atoms with van der Waals surface area (Å²) in [4.78, 5) is 27.2. The Labute approximate surface area is 210 Å². The molecule has 2 N–H and O–H groups in total. The topological polar surface area (TPSA) is 108 Å². The van der Waals surface area contributed by atoms with Crippen LogP contribution in [0.3, 0.4) is 0 Å². The van der Waals surface area contributed by atoms with Crippen LogP contribution in [0, 0.1) is 0 Å². The number of amides is 1. The highest BCUT2D eigenvalue weighted by Gasteiger charge is 2.32. The smallest absolute Gasteiger partial charge is 0.338 e. The van der Waals surface area contributed by atoms with Crippen LogP contribution in [-0.2, 0) is 23.8 Å². The molecule has 1 fully saturated rings. The minimum Gasteiger partial charge on any atom is -0.493 e. The van der Waals surface area contributed by atoms with Gasteiger partial charge in [-0.3, -0.25) is 4.79 Å². The third-order valence-electron chi connectivity index (χ3n) is 5.65. The summed E-state index contributed by atoms with van der Waals surface area (Å²) in [7, 11) is 3.05. The van der Waals surface area contributed by atoms with E-state index in [-0.39, 0.29) is 31.3 Å². The molecule has 0 spiro atoms. The number of hydrogen-bond acceptors (Lipinski definition) is 8. The quantitative estimate of drug-likeness (QED) is 0.291. The average molecular weight is 508 g/mol. The second-order valence-electron chi connectivity index (χ2n) is 8.45. The zero-order chi connectivity index (χ0) is 25.5. The Bertz CT molecular complexity index is 974. The van der Waals surface area contributed by atoms with Crippen molar-refractivity contribution in [2.24, 2.45) is 0 Å². The number of benzene rings is 1. The molecule has 2 heterocycles. The number of carbonyl (C=O) groups is 2. The van der Waals surface area contributed by atoms with Gasteiger partial charge in [-0.2, -0.15) is 0 Å². The van der Waals surface area contributed by atoms with E-state index >= 15 is 0 Å². The SMILES string of the molecule is COCCOC(=O)C1=C(C)NC(=S)N[C@H]1c1ccc(OCC(=O)N2C[C@@H](C)O[C@@H](C)C2)c(OC)c1. The fraction of sp³-hybridized carbons (Fsp3) is 0.542. The monoisotopic (exact) mass is 507 g/mol. The average Bonchev–Trinajstić information content (AvgIpc) is 2.81. The number of methoxy groups -OCH3 is 2. The number of hydrogen-bond donors (Lipinski definition) is 2. The van der Waals surface area contributed by atoms with Gasteiger partial charge in [0.25, 0.3) is 5.91 Å². The first-order valence-electron chi connectivity index (χ1n) is 11.4. The molecule has 11 heteroatoms. The van der Waals surface area contributed by atoms with Crippen LogP contribution < -0.4 is 20.1 Å². The predicted molar refractivity (Wildman–Crippen MR) is 132 cm³/mol. The van der Waals surface area contributed by atoms with Crippen molar-refractivity contribution in [3.05, 3.63) is 35.0 Å². The van der Waals surface area contributed by atoms with Crippen molar-refractivity contribution in [3.63, 3.8) is 0 Å². The minimum atomic E-state index is -0.556. The van der Waals surface area contributed by atoms with Crippen molar-refractivity contribution in [3.8, 4) is 11.5 Å². The molecule has 1 aromatic rings. The van der Waals surface area contributed by atoms with Gasteiger partial charge in [0.2, 0.25) is 0 Å². The van der Waals surface area contributed by atoms with Crippen LogP contribution in [0.25, 0.3) is 0 Å². The lowest BCUT2D eigenvalue weighted by atomic mass is 9.95. The zero-order valence-electron chi connectivity index (χ0n) is 20.7. The van der Waals surface area contributed by atoms with E-state index in [0.717, 1.165) is 5.56 Å². The lowest BCUT2D eigenvalue weighted by molar-refractivity contribution is -0.145. The molecule has 192 valence electrons. The van der Waals surface area contributed by atoms with Crippen molar-refractivity contribution in [2.75, 3.05) is 47.1 Å². The summed E-state index contributed by atoms with van der Waals surface area (Å²) in [5, 5.41) is 6.48. The molecule has 0 unspecified atom stereocenters. The van der Waals surface area contributed by atoms with E-state index in [1.807, 2.05) is 13.8 Å². The number of nitrogens with one attached hydrogen (secondary N) is 2. The number of esters is 1. The largest absolute Gasteiger partial charge is 0.493 e. The first-order valence-corrected chi connectivity index (χ1v) is 11.8. The minimum absolute atomic E-state index is 0.0213. The first kappa shape index (κ1) is 26.7. The third kappa shape index (κ3) is 6.83. The molecule has 3 rings (SSSR count). The summed E-state index contributed by atoms with van der Waals surface area (Å²) in [6.45, 7) is 7.00. The van der Waals surface area contributed by atoms with E-state index in [4.69, 9.17) is 35.9 Å². The molecule has 0 bridgehead atoms. The summed E-state index contributed by atoms with van der Waals surface area (Å²) < 4.78 is 27.3. The summed E-state index contributed by atoms with van der Waals surface area (Å²) >= 11 is 5.31. The van der Waals surface area contributed by atoms with E-state index < -0.39 is 12.0 Å². The molecule has 3 atom stereocenters. The Morgan fingerprint density at radius 3 is 2.51 bits per heavy atom. The standard InChI is InChI=1S/C24H33N3O7S/c1-14-11-27(12-15(2)34-14)20(28)13-33-18-7-6-17(10-19(18)31-5)22-21(16(3)25-24(35)26-22)23(29)32-9-8-30-4/h6-7,10,14-15,22H,8-9,11-13H2,1-5H3,(H2,25,26,35)/t14-,15+,22-/m0/s1. The van der Waals surface area contributed by atoms with Crippen LogP contribution in [0.4, 0.5) is 0 Å². The lowest BCUT2D eigenvalue weighted by Gasteiger charge is -2.35. The summed E-state index contributed by atoms with van der Waals surface area (Å²) in [5.41, 5.74) is 1.72. The maximum absolute atomic E-state index is 12.8. The number of nitrogens with zero attached hydrogens (tertiary/aromatic N) is 1. The maximum atomic E-state index is 12.8. The number of rotatable bonds is 9. The fourth-order valence-corrected chi connectivity index (χ4v) is 4.38. The van der Waals surface area contributed by atoms with E-state index in [9.17, 15) is 9.59 Å². The van der Waals surface area contributed by atoms with Crippen molar-refractivity contribution < 1.29 is 33.3 Å². The maximum Gasteiger partial charge on any atom is 0.338 e. The molecule has 0 saturated carbocycles. The first-order chi connectivity index (χ1) is 16.7. The number of thiocarbonyl (C=S) groups is 1. The Kier molecular flexibility index (Phi) is 9.30. The normalized spacial score (nSPS) is 22.3. The van der Waals surface area contributed by atoms with Gasteiger partial charge in [-0.25, -0.2) is 4.79 Å². The van der Waals surface area contributed by atoms with Crippen LogP contribution in [0.1, 0.15) is 32.4 Å². The van der Waals surface area contributed by atoms with Gasteiger partial charge in [-0.15, -0.1) is 0 Å². The molecule has 2 aliphatic rings. The van der Waals surface area contributed by atoms with Crippen LogP contribution in [0.2, 0.25) is 0 Å². The van der Waals surface area contributed by atoms with Gasteiger partial charge in [-0.1, -0.05) is 6.07 Å². The Morgan fingerprint density at radius 2 is 1.86 bits per heavy atom. The molecule has 35 heavy (non-hydrogen) atoms. The van der Waals surface area contributed by atoms with Crippen LogP contribution >= 0.6 is 12.2 Å². The number of morpholine rings is 1. The fourth-order valence-electron chi connectivity index (χ4n) is 4.11. The summed E-state index contributed by atoms with van der Waals surface area (Å²) in [6.07, 6.45) is -0.0426. The highest BCUT2D eigenvalue weighted by molar-refractivity contribution is 7.80. The van der Waals surface area contributed by atoms with Crippen molar-refractivity contribution >= 4 is 29.2 Å². The Balaban J connectivity index is 1.75. The van der Waals surface area contributed by atoms with Crippen LogP contribution in [-0.4, -0.2) is 81.2 Å². The van der Waals surface area contributed by atoms with Gasteiger partial charge in [-0.05, 0) is 50.7 Å².